The van der Waals surface area contributed by atoms with Gasteiger partial charge in [0.15, 0.2) is 0 Å². The van der Waals surface area contributed by atoms with Crippen molar-refractivity contribution in [2.45, 2.75) is 50.4 Å². The highest BCUT2D eigenvalue weighted by atomic mass is 35.5. The third-order valence-corrected chi connectivity index (χ3v) is 4.85. The first kappa shape index (κ1) is 13.3. The van der Waals surface area contributed by atoms with Gasteiger partial charge in [-0.3, -0.25) is 0 Å². The minimum Gasteiger partial charge on any atom is -0.320 e. The quantitative estimate of drug-likeness (QED) is 0.705. The molecule has 0 bridgehead atoms. The van der Waals surface area contributed by atoms with E-state index >= 15 is 0 Å². The van der Waals surface area contributed by atoms with Crippen LogP contribution < -0.4 is 0 Å². The Morgan fingerprint density at radius 2 is 2.16 bits per heavy atom. The highest BCUT2D eigenvalue weighted by Gasteiger charge is 2.40. The van der Waals surface area contributed by atoms with Gasteiger partial charge in [0.25, 0.3) is 0 Å². The van der Waals surface area contributed by atoms with Gasteiger partial charge in [-0.1, -0.05) is 18.5 Å². The summed E-state index contributed by atoms with van der Waals surface area (Å²) >= 11 is 12.5. The SMILES string of the molecule is CCC1(n2c(C(C)Cl)nc3ccc(Cl)cc32)CCC1. The lowest BCUT2D eigenvalue weighted by Crippen LogP contribution is -2.41. The zero-order valence-corrected chi connectivity index (χ0v) is 12.8. The van der Waals surface area contributed by atoms with Crippen LogP contribution in [0.1, 0.15) is 50.7 Å². The zero-order valence-electron chi connectivity index (χ0n) is 11.3. The second kappa shape index (κ2) is 4.68. The maximum atomic E-state index is 6.35. The average molecular weight is 297 g/mol. The number of fused-ring (bicyclic) bond motifs is 1. The van der Waals surface area contributed by atoms with Crippen molar-refractivity contribution >= 4 is 34.2 Å². The Bertz CT molecular complexity index is 606. The van der Waals surface area contributed by atoms with E-state index in [2.05, 4.69) is 11.5 Å². The zero-order chi connectivity index (χ0) is 13.6. The molecule has 1 aliphatic carbocycles. The van der Waals surface area contributed by atoms with Crippen LogP contribution in [-0.4, -0.2) is 9.55 Å². The summed E-state index contributed by atoms with van der Waals surface area (Å²) in [4.78, 5) is 4.72. The predicted molar refractivity (Wildman–Crippen MR) is 81.1 cm³/mol. The molecule has 1 aromatic heterocycles. The van der Waals surface area contributed by atoms with E-state index in [1.807, 2.05) is 25.1 Å². The predicted octanol–water partition coefficient (Wildman–Crippen LogP) is 5.28. The van der Waals surface area contributed by atoms with Crippen molar-refractivity contribution in [1.82, 2.24) is 9.55 Å². The lowest BCUT2D eigenvalue weighted by molar-refractivity contribution is 0.137. The van der Waals surface area contributed by atoms with E-state index < -0.39 is 0 Å². The van der Waals surface area contributed by atoms with Gasteiger partial charge in [0.1, 0.15) is 5.82 Å². The average Bonchev–Trinajstić information content (AvgIpc) is 2.68. The molecule has 0 saturated heterocycles. The van der Waals surface area contributed by atoms with Crippen LogP contribution in [0, 0.1) is 0 Å². The Kier molecular flexibility index (Phi) is 3.26. The van der Waals surface area contributed by atoms with Gasteiger partial charge in [0, 0.05) is 10.6 Å². The van der Waals surface area contributed by atoms with Crippen LogP contribution in [0.15, 0.2) is 18.2 Å². The largest absolute Gasteiger partial charge is 0.320 e. The van der Waals surface area contributed by atoms with E-state index in [1.165, 1.54) is 19.3 Å². The van der Waals surface area contributed by atoms with Crippen LogP contribution in [0.3, 0.4) is 0 Å². The van der Waals surface area contributed by atoms with Crippen LogP contribution in [0.2, 0.25) is 5.02 Å². The first-order chi connectivity index (χ1) is 9.07. The van der Waals surface area contributed by atoms with Gasteiger partial charge in [-0.25, -0.2) is 4.98 Å². The maximum Gasteiger partial charge on any atom is 0.128 e. The van der Waals surface area contributed by atoms with Crippen molar-refractivity contribution < 1.29 is 0 Å². The molecule has 4 heteroatoms. The third kappa shape index (κ3) is 1.96. The highest BCUT2D eigenvalue weighted by molar-refractivity contribution is 6.31. The second-order valence-corrected chi connectivity index (χ2v) is 6.58. The van der Waals surface area contributed by atoms with Crippen molar-refractivity contribution in [3.63, 3.8) is 0 Å². The van der Waals surface area contributed by atoms with Gasteiger partial charge in [-0.2, -0.15) is 0 Å². The minimum atomic E-state index is -0.0878. The molecule has 1 atom stereocenters. The molecule has 1 heterocycles. The van der Waals surface area contributed by atoms with E-state index in [4.69, 9.17) is 28.2 Å². The number of hydrogen-bond acceptors (Lipinski definition) is 1. The molecule has 2 nitrogen and oxygen atoms in total. The topological polar surface area (TPSA) is 17.8 Å². The molecule has 1 fully saturated rings. The molecule has 0 amide bonds. The Hall–Kier alpha value is -0.730. The van der Waals surface area contributed by atoms with E-state index in [1.54, 1.807) is 0 Å². The van der Waals surface area contributed by atoms with Gasteiger partial charge >= 0.3 is 0 Å². The van der Waals surface area contributed by atoms with Gasteiger partial charge in [0.05, 0.1) is 16.4 Å². The molecular formula is C15H18Cl2N2. The van der Waals surface area contributed by atoms with Crippen molar-refractivity contribution in [3.8, 4) is 0 Å². The number of benzene rings is 1. The molecule has 1 aliphatic rings. The Morgan fingerprint density at radius 1 is 1.42 bits per heavy atom. The van der Waals surface area contributed by atoms with E-state index in [0.717, 1.165) is 28.3 Å². The van der Waals surface area contributed by atoms with Crippen LogP contribution in [0.25, 0.3) is 11.0 Å². The Balaban J connectivity index is 2.30. The highest BCUT2D eigenvalue weighted by Crippen LogP contribution is 2.46. The summed E-state index contributed by atoms with van der Waals surface area (Å²) in [5.74, 6) is 0.973. The van der Waals surface area contributed by atoms with Crippen LogP contribution in [0.5, 0.6) is 0 Å². The summed E-state index contributed by atoms with van der Waals surface area (Å²) in [6, 6.07) is 5.89. The molecule has 2 aromatic rings. The molecule has 1 unspecified atom stereocenters. The van der Waals surface area contributed by atoms with Crippen molar-refractivity contribution in [1.29, 1.82) is 0 Å². The Labute approximate surface area is 123 Å². The van der Waals surface area contributed by atoms with Gasteiger partial charge in [-0.15, -0.1) is 11.6 Å². The summed E-state index contributed by atoms with van der Waals surface area (Å²) in [5, 5.41) is 0.670. The molecule has 3 rings (SSSR count). The normalized spacial score (nSPS) is 19.4. The molecule has 0 spiro atoms. The van der Waals surface area contributed by atoms with Crippen molar-refractivity contribution in [2.24, 2.45) is 0 Å². The second-order valence-electron chi connectivity index (χ2n) is 5.49. The summed E-state index contributed by atoms with van der Waals surface area (Å²) in [5.41, 5.74) is 2.31. The van der Waals surface area contributed by atoms with Crippen LogP contribution in [-0.2, 0) is 5.54 Å². The molecule has 1 aromatic carbocycles. The number of imidazole rings is 1. The molecular weight excluding hydrogens is 279 g/mol. The number of nitrogens with zero attached hydrogens (tertiary/aromatic N) is 2. The van der Waals surface area contributed by atoms with E-state index in [0.29, 0.717) is 0 Å². The van der Waals surface area contributed by atoms with E-state index in [9.17, 15) is 0 Å². The lowest BCUT2D eigenvalue weighted by atomic mass is 9.74. The van der Waals surface area contributed by atoms with Crippen molar-refractivity contribution in [3.05, 3.63) is 29.0 Å². The molecule has 0 aliphatic heterocycles. The number of halogens is 2. The fourth-order valence-corrected chi connectivity index (χ4v) is 3.47. The fourth-order valence-electron chi connectivity index (χ4n) is 3.15. The molecule has 102 valence electrons. The van der Waals surface area contributed by atoms with Gasteiger partial charge in [-0.05, 0) is 50.8 Å². The molecule has 1 saturated carbocycles. The number of rotatable bonds is 3. The smallest absolute Gasteiger partial charge is 0.128 e. The molecule has 0 radical (unpaired) electrons. The van der Waals surface area contributed by atoms with Crippen molar-refractivity contribution in [2.75, 3.05) is 0 Å². The summed E-state index contributed by atoms with van der Waals surface area (Å²) in [6.07, 6.45) is 4.81. The summed E-state index contributed by atoms with van der Waals surface area (Å²) < 4.78 is 2.36. The minimum absolute atomic E-state index is 0.0878. The molecule has 19 heavy (non-hydrogen) atoms. The van der Waals surface area contributed by atoms with Gasteiger partial charge < -0.3 is 4.57 Å². The molecule has 0 N–H and O–H groups in total. The first-order valence-corrected chi connectivity index (χ1v) is 7.71. The number of aromatic nitrogens is 2. The standard InChI is InChI=1S/C15H18Cl2N2/c1-3-15(7-4-8-15)19-13-9-11(17)5-6-12(13)18-14(19)10(2)16/h5-6,9-10H,3-4,7-8H2,1-2H3. The summed E-state index contributed by atoms with van der Waals surface area (Å²) in [6.45, 7) is 4.24. The lowest BCUT2D eigenvalue weighted by Gasteiger charge is -2.44. The first-order valence-electron chi connectivity index (χ1n) is 6.90. The van der Waals surface area contributed by atoms with Gasteiger partial charge in [0.2, 0.25) is 0 Å². The third-order valence-electron chi connectivity index (χ3n) is 4.41. The fraction of sp³-hybridized carbons (Fsp3) is 0.533. The number of alkyl halides is 1. The number of hydrogen-bond donors (Lipinski definition) is 0. The summed E-state index contributed by atoms with van der Waals surface area (Å²) in [7, 11) is 0. The Morgan fingerprint density at radius 3 is 2.68 bits per heavy atom. The van der Waals surface area contributed by atoms with Crippen LogP contribution >= 0.6 is 23.2 Å². The monoisotopic (exact) mass is 296 g/mol. The maximum absolute atomic E-state index is 6.35. The van der Waals surface area contributed by atoms with E-state index in [-0.39, 0.29) is 10.9 Å². The van der Waals surface area contributed by atoms with Crippen LogP contribution in [0.4, 0.5) is 0 Å².